The number of anilines is 1. The highest BCUT2D eigenvalue weighted by Crippen LogP contribution is 2.20. The number of nitrogens with one attached hydrogen (secondary N) is 1. The predicted molar refractivity (Wildman–Crippen MR) is 106 cm³/mol. The minimum absolute atomic E-state index is 0.0160. The fraction of sp³-hybridized carbons (Fsp3) is 0.100. The third kappa shape index (κ3) is 5.42. The molecule has 0 atom stereocenters. The smallest absolute Gasteiger partial charge is 0.260 e. The molecule has 2 aromatic rings. The van der Waals surface area contributed by atoms with Gasteiger partial charge in [-0.2, -0.15) is 0 Å². The molecule has 0 unspecified atom stereocenters. The molecule has 8 heteroatoms. The van der Waals surface area contributed by atoms with Gasteiger partial charge in [-0.15, -0.1) is 0 Å². The Balaban J connectivity index is 2.40. The van der Waals surface area contributed by atoms with Gasteiger partial charge < -0.3 is 4.90 Å². The second kappa shape index (κ2) is 9.89. The molecule has 0 radical (unpaired) electrons. The summed E-state index contributed by atoms with van der Waals surface area (Å²) in [7, 11) is 0. The molecular formula is C20H20FN5O2. The summed E-state index contributed by atoms with van der Waals surface area (Å²) in [5, 5.41) is 0. The van der Waals surface area contributed by atoms with Crippen LogP contribution < -0.4 is 16.2 Å². The Morgan fingerprint density at radius 3 is 2.61 bits per heavy atom. The molecule has 2 amide bonds. The van der Waals surface area contributed by atoms with E-state index in [0.717, 1.165) is 0 Å². The van der Waals surface area contributed by atoms with Crippen molar-refractivity contribution in [1.82, 2.24) is 10.4 Å². The Bertz CT molecular complexity index is 925. The number of halogens is 1. The highest BCUT2D eigenvalue weighted by atomic mass is 19.1. The van der Waals surface area contributed by atoms with Crippen molar-refractivity contribution < 1.29 is 14.0 Å². The second-order valence-corrected chi connectivity index (χ2v) is 5.75. The molecule has 1 aromatic carbocycles. The predicted octanol–water partition coefficient (Wildman–Crippen LogP) is 2.39. The Morgan fingerprint density at radius 2 is 2.00 bits per heavy atom. The van der Waals surface area contributed by atoms with Crippen molar-refractivity contribution in [2.75, 3.05) is 11.4 Å². The zero-order valence-corrected chi connectivity index (χ0v) is 15.3. The summed E-state index contributed by atoms with van der Waals surface area (Å²) in [6.45, 7) is 5.10. The summed E-state index contributed by atoms with van der Waals surface area (Å²) < 4.78 is 13.7. The number of allylic oxidation sites excluding steroid dienone is 2. The number of amides is 2. The van der Waals surface area contributed by atoms with Crippen molar-refractivity contribution in [2.24, 2.45) is 10.8 Å². The SMILES string of the molecule is C=N/C(=C\C=C(/C)C(=O)NN)CN(C(=O)c1ccncc1)c1cccc(F)c1. The first-order valence-electron chi connectivity index (χ1n) is 8.29. The molecule has 0 spiro atoms. The summed E-state index contributed by atoms with van der Waals surface area (Å²) in [4.78, 5) is 33.7. The van der Waals surface area contributed by atoms with E-state index in [1.807, 2.05) is 5.43 Å². The number of carbonyl (C=O) groups excluding carboxylic acids is 2. The van der Waals surface area contributed by atoms with Crippen LogP contribution in [0, 0.1) is 5.82 Å². The number of benzene rings is 1. The Labute approximate surface area is 162 Å². The van der Waals surface area contributed by atoms with Gasteiger partial charge in [0.1, 0.15) is 5.82 Å². The van der Waals surface area contributed by atoms with Gasteiger partial charge in [0.25, 0.3) is 11.8 Å². The summed E-state index contributed by atoms with van der Waals surface area (Å²) in [5.41, 5.74) is 3.52. The lowest BCUT2D eigenvalue weighted by molar-refractivity contribution is -0.117. The molecule has 7 nitrogen and oxygen atoms in total. The Morgan fingerprint density at radius 1 is 1.29 bits per heavy atom. The molecule has 0 saturated heterocycles. The molecule has 0 aliphatic heterocycles. The lowest BCUT2D eigenvalue weighted by atomic mass is 10.2. The molecule has 2 rings (SSSR count). The Hall–Kier alpha value is -3.65. The zero-order chi connectivity index (χ0) is 20.5. The summed E-state index contributed by atoms with van der Waals surface area (Å²) in [6.07, 6.45) is 6.05. The molecule has 144 valence electrons. The minimum Gasteiger partial charge on any atom is -0.302 e. The van der Waals surface area contributed by atoms with Crippen LogP contribution in [-0.4, -0.2) is 30.1 Å². The standard InChI is InChI=1S/C20H20FN5O2/c1-14(19(27)25-22)6-7-17(23-2)13-26(18-5-3-4-16(21)12-18)20(28)15-8-10-24-11-9-15/h3-12H,2,13,22H2,1H3,(H,25,27)/b14-6+,17-7-. The molecule has 0 aliphatic carbocycles. The van der Waals surface area contributed by atoms with E-state index in [1.54, 1.807) is 31.2 Å². The van der Waals surface area contributed by atoms with Gasteiger partial charge in [0, 0.05) is 29.2 Å². The maximum Gasteiger partial charge on any atom is 0.260 e. The van der Waals surface area contributed by atoms with Crippen LogP contribution >= 0.6 is 0 Å². The molecule has 0 aliphatic rings. The van der Waals surface area contributed by atoms with Crippen LogP contribution in [0.15, 0.2) is 77.2 Å². The van der Waals surface area contributed by atoms with Gasteiger partial charge in [0.15, 0.2) is 0 Å². The normalized spacial score (nSPS) is 11.7. The van der Waals surface area contributed by atoms with Crippen LogP contribution in [0.3, 0.4) is 0 Å². The van der Waals surface area contributed by atoms with Gasteiger partial charge >= 0.3 is 0 Å². The van der Waals surface area contributed by atoms with E-state index in [-0.39, 0.29) is 12.5 Å². The number of hydrogen-bond donors (Lipinski definition) is 2. The fourth-order valence-electron chi connectivity index (χ4n) is 2.30. The monoisotopic (exact) mass is 381 g/mol. The van der Waals surface area contributed by atoms with Crippen molar-refractivity contribution in [3.05, 3.63) is 83.6 Å². The van der Waals surface area contributed by atoms with Crippen LogP contribution in [0.4, 0.5) is 10.1 Å². The van der Waals surface area contributed by atoms with E-state index < -0.39 is 11.7 Å². The number of aromatic nitrogens is 1. The first kappa shape index (κ1) is 20.7. The van der Waals surface area contributed by atoms with Crippen LogP contribution in [0.2, 0.25) is 0 Å². The molecule has 28 heavy (non-hydrogen) atoms. The number of hydrazine groups is 1. The van der Waals surface area contributed by atoms with Crippen LogP contribution in [0.25, 0.3) is 0 Å². The molecule has 1 aromatic heterocycles. The first-order valence-corrected chi connectivity index (χ1v) is 8.29. The number of carbonyl (C=O) groups is 2. The van der Waals surface area contributed by atoms with Crippen molar-refractivity contribution >= 4 is 24.2 Å². The molecule has 0 fully saturated rings. The molecular weight excluding hydrogens is 361 g/mol. The van der Waals surface area contributed by atoms with Gasteiger partial charge in [-0.3, -0.25) is 25.0 Å². The maximum absolute atomic E-state index is 13.7. The maximum atomic E-state index is 13.7. The average Bonchev–Trinajstić information content (AvgIpc) is 2.73. The quantitative estimate of drug-likeness (QED) is 0.192. The second-order valence-electron chi connectivity index (χ2n) is 5.75. The fourth-order valence-corrected chi connectivity index (χ4v) is 2.30. The van der Waals surface area contributed by atoms with Crippen molar-refractivity contribution in [3.8, 4) is 0 Å². The number of rotatable bonds is 7. The van der Waals surface area contributed by atoms with Gasteiger partial charge in [0.2, 0.25) is 0 Å². The van der Waals surface area contributed by atoms with Crippen LogP contribution in [0.1, 0.15) is 17.3 Å². The first-order chi connectivity index (χ1) is 13.5. The van der Waals surface area contributed by atoms with E-state index in [1.165, 1.54) is 41.6 Å². The number of pyridine rings is 1. The lowest BCUT2D eigenvalue weighted by Crippen LogP contribution is -2.32. The van der Waals surface area contributed by atoms with E-state index >= 15 is 0 Å². The van der Waals surface area contributed by atoms with E-state index in [9.17, 15) is 14.0 Å². The van der Waals surface area contributed by atoms with Crippen LogP contribution in [0.5, 0.6) is 0 Å². The van der Waals surface area contributed by atoms with Gasteiger partial charge in [-0.1, -0.05) is 12.1 Å². The van der Waals surface area contributed by atoms with Crippen molar-refractivity contribution in [2.45, 2.75) is 6.92 Å². The zero-order valence-electron chi connectivity index (χ0n) is 15.3. The van der Waals surface area contributed by atoms with E-state index in [2.05, 4.69) is 16.7 Å². The lowest BCUT2D eigenvalue weighted by Gasteiger charge is -2.23. The topological polar surface area (TPSA) is 101 Å². The highest BCUT2D eigenvalue weighted by Gasteiger charge is 2.19. The molecule has 0 bridgehead atoms. The minimum atomic E-state index is -0.475. The number of hydrogen-bond acceptors (Lipinski definition) is 5. The van der Waals surface area contributed by atoms with Crippen molar-refractivity contribution in [3.63, 3.8) is 0 Å². The number of nitrogens with two attached hydrogens (primary N) is 1. The van der Waals surface area contributed by atoms with Crippen molar-refractivity contribution in [1.29, 1.82) is 0 Å². The number of aliphatic imine (C=N–C) groups is 1. The van der Waals surface area contributed by atoms with Crippen LogP contribution in [-0.2, 0) is 4.79 Å². The summed E-state index contributed by atoms with van der Waals surface area (Å²) >= 11 is 0. The summed E-state index contributed by atoms with van der Waals surface area (Å²) in [5.74, 6) is 3.81. The highest BCUT2D eigenvalue weighted by molar-refractivity contribution is 6.06. The third-order valence-corrected chi connectivity index (χ3v) is 3.83. The average molecular weight is 381 g/mol. The number of nitrogens with zero attached hydrogens (tertiary/aromatic N) is 3. The largest absolute Gasteiger partial charge is 0.302 e. The molecule has 0 saturated carbocycles. The Kier molecular flexibility index (Phi) is 7.29. The van der Waals surface area contributed by atoms with Gasteiger partial charge in [-0.05, 0) is 50.0 Å². The third-order valence-electron chi connectivity index (χ3n) is 3.83. The van der Waals surface area contributed by atoms with E-state index in [4.69, 9.17) is 5.84 Å². The van der Waals surface area contributed by atoms with E-state index in [0.29, 0.717) is 22.5 Å². The summed E-state index contributed by atoms with van der Waals surface area (Å²) in [6, 6.07) is 8.80. The van der Waals surface area contributed by atoms with Gasteiger partial charge in [0.05, 0.1) is 12.2 Å². The molecule has 1 heterocycles. The van der Waals surface area contributed by atoms with Gasteiger partial charge in [-0.25, -0.2) is 10.2 Å². The molecule has 3 N–H and O–H groups in total.